The first-order valence-electron chi connectivity index (χ1n) is 7.56. The van der Waals surface area contributed by atoms with E-state index in [9.17, 15) is 4.39 Å². The molecular weight excluding hydrogens is 237 g/mol. The SMILES string of the molecule is Cc1cc(F)cc(NC2CCCC(CC(C)C)C2)c1. The van der Waals surface area contributed by atoms with E-state index in [0.29, 0.717) is 6.04 Å². The molecular formula is C17H26FN. The van der Waals surface area contributed by atoms with Crippen LogP contribution in [0.2, 0.25) is 0 Å². The molecule has 2 atom stereocenters. The monoisotopic (exact) mass is 263 g/mol. The molecule has 0 heterocycles. The zero-order valence-corrected chi connectivity index (χ0v) is 12.4. The second kappa shape index (κ2) is 6.40. The van der Waals surface area contributed by atoms with Crippen molar-refractivity contribution in [2.75, 3.05) is 5.32 Å². The third-order valence-electron chi connectivity index (χ3n) is 4.00. The molecule has 1 nitrogen and oxygen atoms in total. The summed E-state index contributed by atoms with van der Waals surface area (Å²) in [6, 6.07) is 5.74. The Morgan fingerprint density at radius 3 is 2.74 bits per heavy atom. The molecule has 0 aromatic heterocycles. The van der Waals surface area contributed by atoms with Crippen molar-refractivity contribution in [2.24, 2.45) is 11.8 Å². The smallest absolute Gasteiger partial charge is 0.125 e. The molecule has 0 spiro atoms. The molecule has 1 aliphatic rings. The van der Waals surface area contributed by atoms with Crippen LogP contribution in [0.5, 0.6) is 0 Å². The van der Waals surface area contributed by atoms with Crippen LogP contribution in [0, 0.1) is 24.6 Å². The molecule has 2 rings (SSSR count). The number of benzene rings is 1. The fraction of sp³-hybridized carbons (Fsp3) is 0.647. The third-order valence-corrected chi connectivity index (χ3v) is 4.00. The quantitative estimate of drug-likeness (QED) is 0.792. The molecule has 1 saturated carbocycles. The molecule has 0 amide bonds. The van der Waals surface area contributed by atoms with E-state index in [4.69, 9.17) is 0 Å². The highest BCUT2D eigenvalue weighted by Crippen LogP contribution is 2.31. The van der Waals surface area contributed by atoms with E-state index in [1.54, 1.807) is 12.1 Å². The highest BCUT2D eigenvalue weighted by atomic mass is 19.1. The van der Waals surface area contributed by atoms with Crippen LogP contribution in [0.3, 0.4) is 0 Å². The maximum atomic E-state index is 13.4. The van der Waals surface area contributed by atoms with Crippen molar-refractivity contribution in [3.63, 3.8) is 0 Å². The Morgan fingerprint density at radius 1 is 1.26 bits per heavy atom. The Labute approximate surface area is 116 Å². The van der Waals surface area contributed by atoms with Crippen LogP contribution in [0.1, 0.15) is 51.5 Å². The van der Waals surface area contributed by atoms with Gasteiger partial charge in [-0.05, 0) is 61.8 Å². The van der Waals surface area contributed by atoms with E-state index in [-0.39, 0.29) is 5.82 Å². The summed E-state index contributed by atoms with van der Waals surface area (Å²) in [6.45, 7) is 6.54. The van der Waals surface area contributed by atoms with Gasteiger partial charge in [0, 0.05) is 11.7 Å². The summed E-state index contributed by atoms with van der Waals surface area (Å²) in [6.07, 6.45) is 6.42. The van der Waals surface area contributed by atoms with Gasteiger partial charge in [-0.3, -0.25) is 0 Å². The van der Waals surface area contributed by atoms with E-state index >= 15 is 0 Å². The zero-order chi connectivity index (χ0) is 13.8. The average molecular weight is 263 g/mol. The van der Waals surface area contributed by atoms with Gasteiger partial charge in [0.05, 0.1) is 0 Å². The van der Waals surface area contributed by atoms with Gasteiger partial charge in [0.15, 0.2) is 0 Å². The Hall–Kier alpha value is -1.05. The summed E-state index contributed by atoms with van der Waals surface area (Å²) < 4.78 is 13.4. The summed E-state index contributed by atoms with van der Waals surface area (Å²) in [5, 5.41) is 3.53. The molecule has 1 aromatic carbocycles. The fourth-order valence-electron chi connectivity index (χ4n) is 3.36. The van der Waals surface area contributed by atoms with Crippen molar-refractivity contribution >= 4 is 5.69 Å². The van der Waals surface area contributed by atoms with Crippen molar-refractivity contribution in [3.05, 3.63) is 29.6 Å². The Kier molecular flexibility index (Phi) is 4.84. The van der Waals surface area contributed by atoms with Crippen molar-refractivity contribution in [1.29, 1.82) is 0 Å². The van der Waals surface area contributed by atoms with Gasteiger partial charge >= 0.3 is 0 Å². The number of halogens is 1. The van der Waals surface area contributed by atoms with Crippen molar-refractivity contribution in [2.45, 2.75) is 58.9 Å². The van der Waals surface area contributed by atoms with Gasteiger partial charge in [0.1, 0.15) is 5.82 Å². The predicted molar refractivity (Wildman–Crippen MR) is 80.0 cm³/mol. The lowest BCUT2D eigenvalue weighted by Gasteiger charge is -2.31. The third kappa shape index (κ3) is 4.52. The highest BCUT2D eigenvalue weighted by Gasteiger charge is 2.22. The number of aryl methyl sites for hydroxylation is 1. The molecule has 19 heavy (non-hydrogen) atoms. The minimum absolute atomic E-state index is 0.142. The maximum Gasteiger partial charge on any atom is 0.125 e. The molecule has 106 valence electrons. The van der Waals surface area contributed by atoms with E-state index < -0.39 is 0 Å². The predicted octanol–water partition coefficient (Wildman–Crippen LogP) is 5.15. The van der Waals surface area contributed by atoms with Gasteiger partial charge in [-0.15, -0.1) is 0 Å². The van der Waals surface area contributed by atoms with Gasteiger partial charge in [-0.1, -0.05) is 26.7 Å². The largest absolute Gasteiger partial charge is 0.382 e. The standard InChI is InChI=1S/C17H26FN/c1-12(2)7-14-5-4-6-16(10-14)19-17-9-13(3)8-15(18)11-17/h8-9,11-12,14,16,19H,4-7,10H2,1-3H3. The Bertz CT molecular complexity index is 393. The van der Waals surface area contributed by atoms with E-state index in [0.717, 1.165) is 23.1 Å². The molecule has 1 fully saturated rings. The zero-order valence-electron chi connectivity index (χ0n) is 12.4. The molecule has 1 aromatic rings. The van der Waals surface area contributed by atoms with Crippen LogP contribution in [-0.2, 0) is 0 Å². The fourth-order valence-corrected chi connectivity index (χ4v) is 3.36. The lowest BCUT2D eigenvalue weighted by molar-refractivity contribution is 0.289. The van der Waals surface area contributed by atoms with Crippen LogP contribution in [0.15, 0.2) is 18.2 Å². The molecule has 0 bridgehead atoms. The summed E-state index contributed by atoms with van der Waals surface area (Å²) in [4.78, 5) is 0. The van der Waals surface area contributed by atoms with Gasteiger partial charge in [0.2, 0.25) is 0 Å². The number of nitrogens with one attached hydrogen (secondary N) is 1. The number of hydrogen-bond donors (Lipinski definition) is 1. The Balaban J connectivity index is 1.94. The Morgan fingerprint density at radius 2 is 2.05 bits per heavy atom. The minimum Gasteiger partial charge on any atom is -0.382 e. The van der Waals surface area contributed by atoms with Crippen LogP contribution < -0.4 is 5.32 Å². The van der Waals surface area contributed by atoms with Gasteiger partial charge in [0.25, 0.3) is 0 Å². The first-order valence-corrected chi connectivity index (χ1v) is 7.56. The minimum atomic E-state index is -0.142. The highest BCUT2D eigenvalue weighted by molar-refractivity contribution is 5.46. The van der Waals surface area contributed by atoms with Crippen molar-refractivity contribution in [3.8, 4) is 0 Å². The van der Waals surface area contributed by atoms with Crippen LogP contribution >= 0.6 is 0 Å². The van der Waals surface area contributed by atoms with E-state index in [1.165, 1.54) is 32.1 Å². The van der Waals surface area contributed by atoms with Gasteiger partial charge in [-0.25, -0.2) is 4.39 Å². The van der Waals surface area contributed by atoms with Crippen LogP contribution in [0.4, 0.5) is 10.1 Å². The number of anilines is 1. The molecule has 1 N–H and O–H groups in total. The average Bonchev–Trinajstić information content (AvgIpc) is 2.26. The summed E-state index contributed by atoms with van der Waals surface area (Å²) >= 11 is 0. The summed E-state index contributed by atoms with van der Waals surface area (Å²) in [5.41, 5.74) is 1.92. The maximum absolute atomic E-state index is 13.4. The van der Waals surface area contributed by atoms with Crippen molar-refractivity contribution < 1.29 is 4.39 Å². The normalized spacial score (nSPS) is 23.6. The summed E-state index contributed by atoms with van der Waals surface area (Å²) in [7, 11) is 0. The molecule has 0 aliphatic heterocycles. The topological polar surface area (TPSA) is 12.0 Å². The summed E-state index contributed by atoms with van der Waals surface area (Å²) in [5.74, 6) is 1.47. The van der Waals surface area contributed by atoms with E-state index in [2.05, 4.69) is 19.2 Å². The second-order valence-corrected chi connectivity index (χ2v) is 6.52. The first kappa shape index (κ1) is 14.4. The first-order chi connectivity index (χ1) is 9.02. The number of rotatable bonds is 4. The van der Waals surface area contributed by atoms with Gasteiger partial charge < -0.3 is 5.32 Å². The molecule has 0 radical (unpaired) electrons. The molecule has 0 saturated heterocycles. The van der Waals surface area contributed by atoms with E-state index in [1.807, 2.05) is 13.0 Å². The van der Waals surface area contributed by atoms with Gasteiger partial charge in [-0.2, -0.15) is 0 Å². The molecule has 2 heteroatoms. The lowest BCUT2D eigenvalue weighted by atomic mass is 9.81. The lowest BCUT2D eigenvalue weighted by Crippen LogP contribution is -2.28. The second-order valence-electron chi connectivity index (χ2n) is 6.52. The molecule has 1 aliphatic carbocycles. The number of hydrogen-bond acceptors (Lipinski definition) is 1. The van der Waals surface area contributed by atoms with Crippen LogP contribution in [0.25, 0.3) is 0 Å². The van der Waals surface area contributed by atoms with Crippen molar-refractivity contribution in [1.82, 2.24) is 0 Å². The molecule has 2 unspecified atom stereocenters. The van der Waals surface area contributed by atoms with Crippen LogP contribution in [-0.4, -0.2) is 6.04 Å².